The molecule has 0 aromatic heterocycles. The first kappa shape index (κ1) is 15.7. The molecule has 0 saturated carbocycles. The van der Waals surface area contributed by atoms with Gasteiger partial charge in [-0.3, -0.25) is 4.90 Å². The minimum Gasteiger partial charge on any atom is -0.395 e. The minimum absolute atomic E-state index is 0.126. The Hall–Kier alpha value is -0.280. The van der Waals surface area contributed by atoms with Gasteiger partial charge in [-0.15, -0.1) is 0 Å². The Morgan fingerprint density at radius 3 is 1.12 bits per heavy atom. The predicted molar refractivity (Wildman–Crippen MR) is 61.6 cm³/mol. The van der Waals surface area contributed by atoms with Gasteiger partial charge in [0.15, 0.2) is 0 Å². The van der Waals surface area contributed by atoms with E-state index in [-0.39, 0.29) is 37.9 Å². The van der Waals surface area contributed by atoms with E-state index in [0.717, 1.165) is 0 Å². The summed E-state index contributed by atoms with van der Waals surface area (Å²) < 4.78 is 0. The predicted octanol–water partition coefficient (Wildman–Crippen LogP) is -3.75. The Labute approximate surface area is 95.8 Å². The SMILES string of the molecule is NC(CO)CN(CC(N)CO)CC(N)CO. The number of nitrogens with two attached hydrogens (primary N) is 3. The average molecular weight is 236 g/mol. The number of aliphatic hydroxyl groups excluding tert-OH is 3. The fraction of sp³-hybridized carbons (Fsp3) is 1.00. The van der Waals surface area contributed by atoms with Crippen molar-refractivity contribution in [3.63, 3.8) is 0 Å². The Morgan fingerprint density at radius 2 is 0.938 bits per heavy atom. The second-order valence-electron chi connectivity index (χ2n) is 4.05. The summed E-state index contributed by atoms with van der Waals surface area (Å²) in [6, 6.07) is -1.13. The third-order valence-electron chi connectivity index (χ3n) is 2.18. The van der Waals surface area contributed by atoms with Gasteiger partial charge in [-0.1, -0.05) is 0 Å². The maximum absolute atomic E-state index is 8.85. The van der Waals surface area contributed by atoms with Crippen LogP contribution in [0, 0.1) is 0 Å². The van der Waals surface area contributed by atoms with Crippen molar-refractivity contribution in [1.82, 2.24) is 4.90 Å². The first-order valence-electron chi connectivity index (χ1n) is 5.35. The minimum atomic E-state index is -0.378. The average Bonchev–Trinajstić information content (AvgIpc) is 2.28. The van der Waals surface area contributed by atoms with Gasteiger partial charge in [-0.2, -0.15) is 0 Å². The van der Waals surface area contributed by atoms with Crippen molar-refractivity contribution in [2.75, 3.05) is 39.5 Å². The normalized spacial score (nSPS) is 17.4. The smallest absolute Gasteiger partial charge is 0.0595 e. The lowest BCUT2D eigenvalue weighted by atomic mass is 10.2. The zero-order valence-corrected chi connectivity index (χ0v) is 9.50. The maximum Gasteiger partial charge on any atom is 0.0595 e. The van der Waals surface area contributed by atoms with Crippen LogP contribution < -0.4 is 17.2 Å². The third kappa shape index (κ3) is 7.07. The van der Waals surface area contributed by atoms with E-state index in [1.807, 2.05) is 4.90 Å². The fourth-order valence-corrected chi connectivity index (χ4v) is 1.39. The van der Waals surface area contributed by atoms with Crippen molar-refractivity contribution in [1.29, 1.82) is 0 Å². The van der Waals surface area contributed by atoms with E-state index in [0.29, 0.717) is 19.6 Å². The van der Waals surface area contributed by atoms with Crippen molar-refractivity contribution in [3.05, 3.63) is 0 Å². The molecule has 0 rings (SSSR count). The molecule has 0 heterocycles. The van der Waals surface area contributed by atoms with Gasteiger partial charge in [0.05, 0.1) is 19.8 Å². The molecular weight excluding hydrogens is 212 g/mol. The van der Waals surface area contributed by atoms with Gasteiger partial charge < -0.3 is 32.5 Å². The fourth-order valence-electron chi connectivity index (χ4n) is 1.39. The molecule has 3 unspecified atom stereocenters. The molecule has 0 bridgehead atoms. The summed E-state index contributed by atoms with van der Waals surface area (Å²) in [4.78, 5) is 1.84. The second-order valence-corrected chi connectivity index (χ2v) is 4.05. The molecule has 7 nitrogen and oxygen atoms in total. The summed E-state index contributed by atoms with van der Waals surface area (Å²) in [5, 5.41) is 26.6. The molecule has 0 aromatic rings. The van der Waals surface area contributed by atoms with Crippen molar-refractivity contribution < 1.29 is 15.3 Å². The first-order valence-corrected chi connectivity index (χ1v) is 5.35. The molecule has 0 aliphatic heterocycles. The Bertz CT molecular complexity index is 144. The highest BCUT2D eigenvalue weighted by Crippen LogP contribution is 1.95. The lowest BCUT2D eigenvalue weighted by molar-refractivity contribution is 0.152. The van der Waals surface area contributed by atoms with Gasteiger partial charge in [0.1, 0.15) is 0 Å². The van der Waals surface area contributed by atoms with Gasteiger partial charge in [0.25, 0.3) is 0 Å². The lowest BCUT2D eigenvalue weighted by Crippen LogP contribution is -2.50. The number of hydrogen-bond acceptors (Lipinski definition) is 7. The summed E-state index contributed by atoms with van der Waals surface area (Å²) in [7, 11) is 0. The van der Waals surface area contributed by atoms with Crippen LogP contribution in [-0.4, -0.2) is 77.8 Å². The first-order chi connectivity index (χ1) is 7.53. The Morgan fingerprint density at radius 1 is 0.688 bits per heavy atom. The van der Waals surface area contributed by atoms with E-state index < -0.39 is 0 Å². The standard InChI is InChI=1S/C9H24N4O3/c10-7(4-14)1-13(2-8(11)5-15)3-9(12)6-16/h7-9,14-16H,1-6,10-12H2. The largest absolute Gasteiger partial charge is 0.395 e. The van der Waals surface area contributed by atoms with Crippen LogP contribution in [-0.2, 0) is 0 Å². The summed E-state index contributed by atoms with van der Waals surface area (Å²) in [5.41, 5.74) is 16.8. The maximum atomic E-state index is 8.85. The summed E-state index contributed by atoms with van der Waals surface area (Å²) >= 11 is 0. The monoisotopic (exact) mass is 236 g/mol. The van der Waals surface area contributed by atoms with E-state index in [2.05, 4.69) is 0 Å². The molecule has 9 N–H and O–H groups in total. The summed E-state index contributed by atoms with van der Waals surface area (Å²) in [6.45, 7) is 0.908. The van der Waals surface area contributed by atoms with Crippen molar-refractivity contribution in [3.8, 4) is 0 Å². The van der Waals surface area contributed by atoms with Crippen molar-refractivity contribution >= 4 is 0 Å². The zero-order chi connectivity index (χ0) is 12.6. The number of nitrogens with zero attached hydrogens (tertiary/aromatic N) is 1. The van der Waals surface area contributed by atoms with E-state index in [4.69, 9.17) is 32.5 Å². The molecule has 7 heteroatoms. The van der Waals surface area contributed by atoms with E-state index in [9.17, 15) is 0 Å². The van der Waals surface area contributed by atoms with Gasteiger partial charge in [-0.05, 0) is 0 Å². The molecule has 0 spiro atoms. The van der Waals surface area contributed by atoms with Crippen LogP contribution in [0.3, 0.4) is 0 Å². The van der Waals surface area contributed by atoms with Crippen LogP contribution >= 0.6 is 0 Å². The molecule has 98 valence electrons. The van der Waals surface area contributed by atoms with Gasteiger partial charge >= 0.3 is 0 Å². The molecule has 16 heavy (non-hydrogen) atoms. The van der Waals surface area contributed by atoms with Gasteiger partial charge in [0.2, 0.25) is 0 Å². The molecule has 3 atom stereocenters. The van der Waals surface area contributed by atoms with Crippen LogP contribution in [0.15, 0.2) is 0 Å². The molecule has 0 saturated heterocycles. The Kier molecular flexibility index (Phi) is 8.67. The molecule has 0 aliphatic carbocycles. The Balaban J connectivity index is 4.15. The topological polar surface area (TPSA) is 142 Å². The number of aliphatic hydroxyl groups is 3. The summed E-state index contributed by atoms with van der Waals surface area (Å²) in [5.74, 6) is 0. The molecule has 0 aromatic carbocycles. The highest BCUT2D eigenvalue weighted by atomic mass is 16.3. The van der Waals surface area contributed by atoms with Gasteiger partial charge in [0, 0.05) is 37.8 Å². The highest BCUT2D eigenvalue weighted by molar-refractivity contribution is 4.76. The van der Waals surface area contributed by atoms with Crippen LogP contribution in [0.2, 0.25) is 0 Å². The lowest BCUT2D eigenvalue weighted by Gasteiger charge is -2.28. The van der Waals surface area contributed by atoms with Crippen LogP contribution in [0.4, 0.5) is 0 Å². The molecular formula is C9H24N4O3. The number of hydrogen-bond donors (Lipinski definition) is 6. The quantitative estimate of drug-likeness (QED) is 0.241. The molecule has 0 radical (unpaired) electrons. The van der Waals surface area contributed by atoms with Crippen LogP contribution in [0.5, 0.6) is 0 Å². The number of rotatable bonds is 9. The molecule has 0 fully saturated rings. The van der Waals surface area contributed by atoms with Crippen molar-refractivity contribution in [2.45, 2.75) is 18.1 Å². The molecule has 0 amide bonds. The van der Waals surface area contributed by atoms with Crippen molar-refractivity contribution in [2.24, 2.45) is 17.2 Å². The van der Waals surface area contributed by atoms with E-state index in [1.165, 1.54) is 0 Å². The molecule has 0 aliphatic rings. The van der Waals surface area contributed by atoms with Crippen LogP contribution in [0.1, 0.15) is 0 Å². The zero-order valence-electron chi connectivity index (χ0n) is 9.50. The second kappa shape index (κ2) is 8.82. The van der Waals surface area contributed by atoms with E-state index >= 15 is 0 Å². The third-order valence-corrected chi connectivity index (χ3v) is 2.18. The highest BCUT2D eigenvalue weighted by Gasteiger charge is 2.15. The van der Waals surface area contributed by atoms with Gasteiger partial charge in [-0.25, -0.2) is 0 Å². The van der Waals surface area contributed by atoms with E-state index in [1.54, 1.807) is 0 Å². The summed E-state index contributed by atoms with van der Waals surface area (Å²) in [6.07, 6.45) is 0. The van der Waals surface area contributed by atoms with Crippen LogP contribution in [0.25, 0.3) is 0 Å².